The van der Waals surface area contributed by atoms with Crippen molar-refractivity contribution in [3.05, 3.63) is 24.3 Å². The number of nitrogens with zero attached hydrogens (tertiary/aromatic N) is 2. The number of carbonyl (C=O) groups is 3. The van der Waals surface area contributed by atoms with E-state index in [2.05, 4.69) is 40.0 Å². The van der Waals surface area contributed by atoms with Gasteiger partial charge < -0.3 is 29.7 Å². The summed E-state index contributed by atoms with van der Waals surface area (Å²) in [5.74, 6) is -2.94. The topological polar surface area (TPSA) is 108 Å². The smallest absolute Gasteiger partial charge is 0.312 e. The van der Waals surface area contributed by atoms with Crippen LogP contribution in [-0.2, 0) is 23.9 Å². The molecule has 3 fully saturated rings. The van der Waals surface area contributed by atoms with Crippen LogP contribution >= 0.6 is 15.9 Å². The van der Waals surface area contributed by atoms with Gasteiger partial charge in [0.25, 0.3) is 0 Å². The van der Waals surface area contributed by atoms with Gasteiger partial charge in [0, 0.05) is 29.3 Å². The van der Waals surface area contributed by atoms with Crippen LogP contribution in [0.2, 0.25) is 0 Å². The third kappa shape index (κ3) is 4.62. The van der Waals surface area contributed by atoms with Gasteiger partial charge in [-0.1, -0.05) is 36.2 Å². The zero-order chi connectivity index (χ0) is 27.8. The molecule has 210 valence electrons. The van der Waals surface area contributed by atoms with Crippen LogP contribution in [0.3, 0.4) is 0 Å². The van der Waals surface area contributed by atoms with E-state index in [-0.39, 0.29) is 35.8 Å². The first-order valence-electron chi connectivity index (χ1n) is 13.8. The zero-order valence-corrected chi connectivity index (χ0v) is 24.4. The molecule has 10 heteroatoms. The number of hydrogen-bond donors (Lipinski definition) is 2. The van der Waals surface area contributed by atoms with Crippen LogP contribution in [0.25, 0.3) is 0 Å². The molecule has 3 heterocycles. The van der Waals surface area contributed by atoms with Gasteiger partial charge >= 0.3 is 5.97 Å². The number of aliphatic hydroxyl groups is 1. The van der Waals surface area contributed by atoms with Gasteiger partial charge in [-0.05, 0) is 57.4 Å². The van der Waals surface area contributed by atoms with E-state index in [1.807, 2.05) is 38.1 Å². The molecule has 2 N–H and O–H groups in total. The fourth-order valence-corrected chi connectivity index (χ4v) is 7.54. The molecule has 9 nitrogen and oxygen atoms in total. The average molecular weight is 595 g/mol. The number of ether oxygens (including phenoxy) is 2. The third-order valence-electron chi connectivity index (χ3n) is 8.64. The van der Waals surface area contributed by atoms with E-state index < -0.39 is 41.6 Å². The SMILES string of the molecule is CCOC(=O)[C@H]1[C@H]2C(=O)N([C@@H](CO)[C@@H](C)CC)C(C(=O)Nc3ccc(N(CC)CC)cc3)C23CC(Br)[C@@H]1O3. The molecule has 38 heavy (non-hydrogen) atoms. The van der Waals surface area contributed by atoms with Crippen molar-refractivity contribution in [2.24, 2.45) is 17.8 Å². The number of esters is 1. The molecular formula is C28H40BrN3O6. The first kappa shape index (κ1) is 28.8. The van der Waals surface area contributed by atoms with Gasteiger partial charge in [0.2, 0.25) is 11.8 Å². The molecule has 3 saturated heterocycles. The Hall–Kier alpha value is -2.17. The highest BCUT2D eigenvalue weighted by Crippen LogP contribution is 2.60. The summed E-state index contributed by atoms with van der Waals surface area (Å²) >= 11 is 3.65. The molecule has 2 amide bonds. The lowest BCUT2D eigenvalue weighted by Gasteiger charge is -2.38. The fraction of sp³-hybridized carbons (Fsp3) is 0.679. The van der Waals surface area contributed by atoms with Gasteiger partial charge in [-0.2, -0.15) is 0 Å². The summed E-state index contributed by atoms with van der Waals surface area (Å²) in [6.45, 7) is 11.5. The Morgan fingerprint density at radius 2 is 1.89 bits per heavy atom. The van der Waals surface area contributed by atoms with E-state index in [1.54, 1.807) is 6.92 Å². The number of hydrogen-bond acceptors (Lipinski definition) is 7. The molecule has 2 bridgehead atoms. The van der Waals surface area contributed by atoms with E-state index in [4.69, 9.17) is 9.47 Å². The summed E-state index contributed by atoms with van der Waals surface area (Å²) in [7, 11) is 0. The van der Waals surface area contributed by atoms with Crippen molar-refractivity contribution in [2.45, 2.75) is 76.1 Å². The van der Waals surface area contributed by atoms with Crippen molar-refractivity contribution in [3.8, 4) is 0 Å². The number of anilines is 2. The van der Waals surface area contributed by atoms with Crippen molar-refractivity contribution in [1.29, 1.82) is 0 Å². The van der Waals surface area contributed by atoms with Crippen LogP contribution in [0.15, 0.2) is 24.3 Å². The van der Waals surface area contributed by atoms with E-state index in [0.717, 1.165) is 18.8 Å². The Labute approximate surface area is 233 Å². The zero-order valence-electron chi connectivity index (χ0n) is 22.9. The predicted molar refractivity (Wildman–Crippen MR) is 148 cm³/mol. The van der Waals surface area contributed by atoms with Crippen molar-refractivity contribution < 1.29 is 29.0 Å². The molecule has 0 radical (unpaired) electrons. The summed E-state index contributed by atoms with van der Waals surface area (Å²) < 4.78 is 11.8. The molecule has 8 atom stereocenters. The molecule has 3 aliphatic rings. The number of fused-ring (bicyclic) bond motifs is 1. The second-order valence-electron chi connectivity index (χ2n) is 10.5. The predicted octanol–water partition coefficient (Wildman–Crippen LogP) is 3.19. The lowest BCUT2D eigenvalue weighted by molar-refractivity contribution is -0.155. The fourth-order valence-electron chi connectivity index (χ4n) is 6.60. The largest absolute Gasteiger partial charge is 0.466 e. The number of likely N-dealkylation sites (tertiary alicyclic amines) is 1. The Bertz CT molecular complexity index is 1030. The van der Waals surface area contributed by atoms with Gasteiger partial charge in [-0.15, -0.1) is 0 Å². The number of rotatable bonds is 11. The summed E-state index contributed by atoms with van der Waals surface area (Å²) in [6, 6.07) is 6.02. The van der Waals surface area contributed by atoms with Crippen LogP contribution in [-0.4, -0.2) is 82.7 Å². The number of halogens is 1. The summed E-state index contributed by atoms with van der Waals surface area (Å²) in [5.41, 5.74) is 0.463. The van der Waals surface area contributed by atoms with Gasteiger partial charge in [0.15, 0.2) is 0 Å². The molecule has 4 rings (SSSR count). The number of benzene rings is 1. The molecule has 0 saturated carbocycles. The Morgan fingerprint density at radius 1 is 1.24 bits per heavy atom. The Morgan fingerprint density at radius 3 is 2.45 bits per heavy atom. The minimum absolute atomic E-state index is 0.0687. The quantitative estimate of drug-likeness (QED) is 0.299. The first-order valence-corrected chi connectivity index (χ1v) is 14.7. The molecular weight excluding hydrogens is 554 g/mol. The molecule has 3 unspecified atom stereocenters. The molecule has 0 aromatic heterocycles. The number of nitrogens with one attached hydrogen (secondary N) is 1. The standard InChI is InChI=1S/C28H40BrN3O6/c1-6-16(5)20(15-33)32-24(25(34)30-17-10-12-18(13-11-17)31(7-2)8-3)28-14-19(29)23(38-28)21(22(28)26(32)35)27(36)37-9-4/h10-13,16,19-24,33H,6-9,14-15H2,1-5H3,(H,30,34)/t16-,19?,20-,21-,22-,23-,24?,28?/m0/s1. The Kier molecular flexibility index (Phi) is 8.74. The highest BCUT2D eigenvalue weighted by Gasteiger charge is 2.77. The maximum absolute atomic E-state index is 14.1. The van der Waals surface area contributed by atoms with E-state index >= 15 is 0 Å². The monoisotopic (exact) mass is 593 g/mol. The number of carbonyl (C=O) groups excluding carboxylic acids is 3. The maximum atomic E-state index is 14.1. The van der Waals surface area contributed by atoms with Crippen molar-refractivity contribution in [3.63, 3.8) is 0 Å². The van der Waals surface area contributed by atoms with E-state index in [0.29, 0.717) is 18.5 Å². The van der Waals surface area contributed by atoms with Crippen LogP contribution in [0.5, 0.6) is 0 Å². The molecule has 1 spiro atoms. The minimum Gasteiger partial charge on any atom is -0.466 e. The average Bonchev–Trinajstić information content (AvgIpc) is 3.50. The summed E-state index contributed by atoms with van der Waals surface area (Å²) in [6.07, 6.45) is 0.544. The van der Waals surface area contributed by atoms with Gasteiger partial charge in [-0.25, -0.2) is 0 Å². The van der Waals surface area contributed by atoms with Crippen LogP contribution in [0.4, 0.5) is 11.4 Å². The third-order valence-corrected chi connectivity index (χ3v) is 9.49. The Balaban J connectivity index is 1.72. The van der Waals surface area contributed by atoms with Gasteiger partial charge in [0.05, 0.1) is 37.2 Å². The molecule has 0 aliphatic carbocycles. The molecule has 1 aromatic carbocycles. The normalized spacial score (nSPS) is 31.2. The molecule has 1 aromatic rings. The molecule has 3 aliphatic heterocycles. The van der Waals surface area contributed by atoms with Crippen molar-refractivity contribution >= 4 is 45.1 Å². The van der Waals surface area contributed by atoms with E-state index in [1.165, 1.54) is 4.90 Å². The number of alkyl halides is 1. The maximum Gasteiger partial charge on any atom is 0.312 e. The number of amides is 2. The van der Waals surface area contributed by atoms with Crippen molar-refractivity contribution in [1.82, 2.24) is 4.90 Å². The van der Waals surface area contributed by atoms with Crippen LogP contribution in [0.1, 0.15) is 47.5 Å². The van der Waals surface area contributed by atoms with E-state index in [9.17, 15) is 19.5 Å². The second kappa shape index (κ2) is 11.5. The highest BCUT2D eigenvalue weighted by molar-refractivity contribution is 9.09. The summed E-state index contributed by atoms with van der Waals surface area (Å²) in [5, 5.41) is 13.4. The lowest BCUT2D eigenvalue weighted by atomic mass is 9.70. The summed E-state index contributed by atoms with van der Waals surface area (Å²) in [4.78, 5) is 44.7. The van der Waals surface area contributed by atoms with Gasteiger partial charge in [-0.3, -0.25) is 14.4 Å². The minimum atomic E-state index is -1.19. The van der Waals surface area contributed by atoms with Crippen LogP contribution in [0, 0.1) is 17.8 Å². The highest BCUT2D eigenvalue weighted by atomic mass is 79.9. The van der Waals surface area contributed by atoms with Gasteiger partial charge in [0.1, 0.15) is 11.6 Å². The first-order chi connectivity index (χ1) is 18.2. The van der Waals surface area contributed by atoms with Crippen LogP contribution < -0.4 is 10.2 Å². The number of aliphatic hydroxyl groups excluding tert-OH is 1. The van der Waals surface area contributed by atoms with Crippen molar-refractivity contribution in [2.75, 3.05) is 36.5 Å². The second-order valence-corrected chi connectivity index (χ2v) is 11.7. The lowest BCUT2D eigenvalue weighted by Crippen LogP contribution is -2.57.